The van der Waals surface area contributed by atoms with Gasteiger partial charge in [-0.15, -0.1) is 0 Å². The van der Waals surface area contributed by atoms with Crippen LogP contribution in [0.25, 0.3) is 10.9 Å². The first kappa shape index (κ1) is 14.2. The molecule has 3 nitrogen and oxygen atoms in total. The van der Waals surface area contributed by atoms with Gasteiger partial charge in [0.15, 0.2) is 0 Å². The van der Waals surface area contributed by atoms with E-state index < -0.39 is 0 Å². The van der Waals surface area contributed by atoms with Gasteiger partial charge in [0.25, 0.3) is 0 Å². The van der Waals surface area contributed by atoms with Gasteiger partial charge in [-0.3, -0.25) is 0 Å². The van der Waals surface area contributed by atoms with E-state index in [1.165, 1.54) is 10.9 Å². The quantitative estimate of drug-likeness (QED) is 0.779. The third-order valence-electron chi connectivity index (χ3n) is 3.66. The minimum absolute atomic E-state index is 0.557. The topological polar surface area (TPSA) is 40.2 Å². The monoisotopic (exact) mass is 344 g/mol. The molecule has 0 saturated heterocycles. The van der Waals surface area contributed by atoms with Crippen molar-refractivity contribution in [1.29, 1.82) is 0 Å². The van der Waals surface area contributed by atoms with Gasteiger partial charge in [0, 0.05) is 28.3 Å². The fraction of sp³-hybridized carbons (Fsp3) is 0.176. The number of rotatable bonds is 4. The number of hydrogen-bond donors (Lipinski definition) is 1. The smallest absolute Gasteiger partial charge is 0.123 e. The van der Waals surface area contributed by atoms with E-state index >= 15 is 0 Å². The van der Waals surface area contributed by atoms with E-state index in [9.17, 15) is 0 Å². The Labute approximate surface area is 132 Å². The number of nitrogens with zero attached hydrogens (tertiary/aromatic N) is 1. The van der Waals surface area contributed by atoms with Gasteiger partial charge in [-0.25, -0.2) is 0 Å². The minimum atomic E-state index is 0.557. The van der Waals surface area contributed by atoms with E-state index in [0.29, 0.717) is 6.54 Å². The van der Waals surface area contributed by atoms with Gasteiger partial charge < -0.3 is 15.0 Å². The molecule has 3 rings (SSSR count). The number of ether oxygens (including phenoxy) is 1. The van der Waals surface area contributed by atoms with Gasteiger partial charge in [-0.05, 0) is 41.3 Å². The molecule has 2 aromatic carbocycles. The van der Waals surface area contributed by atoms with Gasteiger partial charge >= 0.3 is 0 Å². The average Bonchev–Trinajstić information content (AvgIpc) is 2.90. The average molecular weight is 345 g/mol. The Balaban J connectivity index is 2.03. The lowest BCUT2D eigenvalue weighted by molar-refractivity contribution is 0.408. The zero-order chi connectivity index (χ0) is 14.8. The number of nitrogens with two attached hydrogens (primary N) is 1. The summed E-state index contributed by atoms with van der Waals surface area (Å²) < 4.78 is 8.73. The maximum atomic E-state index is 5.74. The number of halogens is 1. The number of hydrogen-bond acceptors (Lipinski definition) is 2. The summed E-state index contributed by atoms with van der Waals surface area (Å²) in [6, 6.07) is 14.5. The molecule has 2 N–H and O–H groups in total. The lowest BCUT2D eigenvalue weighted by Gasteiger charge is -2.11. The summed E-state index contributed by atoms with van der Waals surface area (Å²) in [5.74, 6) is 0.898. The molecule has 0 saturated carbocycles. The molecule has 0 atom stereocenters. The van der Waals surface area contributed by atoms with E-state index in [0.717, 1.165) is 27.9 Å². The van der Waals surface area contributed by atoms with E-state index in [2.05, 4.69) is 57.0 Å². The number of methoxy groups -OCH3 is 1. The van der Waals surface area contributed by atoms with Crippen molar-refractivity contribution in [2.45, 2.75) is 13.1 Å². The SMILES string of the molecule is COc1ccc(Br)cc1Cn1ccc2ccc(CN)cc21. The molecule has 0 spiro atoms. The summed E-state index contributed by atoms with van der Waals surface area (Å²) in [5, 5.41) is 1.22. The van der Waals surface area contributed by atoms with Crippen LogP contribution in [0.2, 0.25) is 0 Å². The molecule has 0 amide bonds. The fourth-order valence-corrected chi connectivity index (χ4v) is 2.96. The zero-order valence-electron chi connectivity index (χ0n) is 11.8. The Morgan fingerprint density at radius 2 is 2.00 bits per heavy atom. The highest BCUT2D eigenvalue weighted by Crippen LogP contribution is 2.26. The summed E-state index contributed by atoms with van der Waals surface area (Å²) in [7, 11) is 1.70. The molecule has 0 fully saturated rings. The molecule has 108 valence electrons. The molecule has 0 aliphatic rings. The predicted molar refractivity (Wildman–Crippen MR) is 89.6 cm³/mol. The maximum Gasteiger partial charge on any atom is 0.123 e. The fourth-order valence-electron chi connectivity index (χ4n) is 2.55. The van der Waals surface area contributed by atoms with Gasteiger partial charge in [0.05, 0.1) is 13.7 Å². The van der Waals surface area contributed by atoms with E-state index in [4.69, 9.17) is 10.5 Å². The summed E-state index contributed by atoms with van der Waals surface area (Å²) in [6.07, 6.45) is 2.10. The highest BCUT2D eigenvalue weighted by Gasteiger charge is 2.07. The third kappa shape index (κ3) is 2.82. The van der Waals surface area contributed by atoms with Crippen molar-refractivity contribution < 1.29 is 4.74 Å². The molecule has 4 heteroatoms. The highest BCUT2D eigenvalue weighted by molar-refractivity contribution is 9.10. The van der Waals surface area contributed by atoms with Crippen LogP contribution < -0.4 is 10.5 Å². The van der Waals surface area contributed by atoms with Crippen molar-refractivity contribution in [2.75, 3.05) is 7.11 Å². The Kier molecular flexibility index (Phi) is 3.99. The summed E-state index contributed by atoms with van der Waals surface area (Å²) >= 11 is 3.52. The van der Waals surface area contributed by atoms with Crippen LogP contribution in [0.5, 0.6) is 5.75 Å². The second kappa shape index (κ2) is 5.92. The molecule has 1 aromatic heterocycles. The van der Waals surface area contributed by atoms with Crippen LogP contribution in [0.3, 0.4) is 0 Å². The maximum absolute atomic E-state index is 5.74. The molecule has 21 heavy (non-hydrogen) atoms. The summed E-state index contributed by atoms with van der Waals surface area (Å²) in [5.41, 5.74) is 9.22. The Bertz CT molecular complexity index is 780. The summed E-state index contributed by atoms with van der Waals surface area (Å²) in [6.45, 7) is 1.32. The molecule has 0 bridgehead atoms. The zero-order valence-corrected chi connectivity index (χ0v) is 13.4. The molecular weight excluding hydrogens is 328 g/mol. The second-order valence-corrected chi connectivity index (χ2v) is 5.91. The summed E-state index contributed by atoms with van der Waals surface area (Å²) in [4.78, 5) is 0. The van der Waals surface area contributed by atoms with Gasteiger partial charge in [-0.2, -0.15) is 0 Å². The van der Waals surface area contributed by atoms with Crippen LogP contribution in [0.15, 0.2) is 53.1 Å². The van der Waals surface area contributed by atoms with Crippen molar-refractivity contribution in [3.8, 4) is 5.75 Å². The Morgan fingerprint density at radius 3 is 2.76 bits per heavy atom. The first-order valence-corrected chi connectivity index (χ1v) is 7.61. The van der Waals surface area contributed by atoms with Crippen molar-refractivity contribution in [3.05, 3.63) is 64.3 Å². The van der Waals surface area contributed by atoms with Crippen LogP contribution in [0.1, 0.15) is 11.1 Å². The highest BCUT2D eigenvalue weighted by atomic mass is 79.9. The van der Waals surface area contributed by atoms with Gasteiger partial charge in [0.1, 0.15) is 5.75 Å². The molecule has 0 unspecified atom stereocenters. The lowest BCUT2D eigenvalue weighted by atomic mass is 10.1. The van der Waals surface area contributed by atoms with Crippen LogP contribution in [0, 0.1) is 0 Å². The van der Waals surface area contributed by atoms with E-state index in [-0.39, 0.29) is 0 Å². The van der Waals surface area contributed by atoms with Crippen molar-refractivity contribution in [3.63, 3.8) is 0 Å². The first-order valence-electron chi connectivity index (χ1n) is 6.81. The van der Waals surface area contributed by atoms with Crippen LogP contribution in [0.4, 0.5) is 0 Å². The lowest BCUT2D eigenvalue weighted by Crippen LogP contribution is -2.02. The van der Waals surface area contributed by atoms with Crippen molar-refractivity contribution in [1.82, 2.24) is 4.57 Å². The standard InChI is InChI=1S/C17H17BrN2O/c1-21-17-5-4-15(18)9-14(17)11-20-7-6-13-3-2-12(10-19)8-16(13)20/h2-9H,10-11,19H2,1H3. The molecule has 0 radical (unpaired) electrons. The first-order chi connectivity index (χ1) is 10.2. The van der Waals surface area contributed by atoms with Crippen LogP contribution in [-0.4, -0.2) is 11.7 Å². The number of fused-ring (bicyclic) bond motifs is 1. The van der Waals surface area contributed by atoms with E-state index in [1.54, 1.807) is 7.11 Å². The molecule has 0 aliphatic carbocycles. The largest absolute Gasteiger partial charge is 0.496 e. The minimum Gasteiger partial charge on any atom is -0.496 e. The molecule has 0 aliphatic heterocycles. The van der Waals surface area contributed by atoms with Gasteiger partial charge in [0.2, 0.25) is 0 Å². The van der Waals surface area contributed by atoms with Crippen molar-refractivity contribution >= 4 is 26.8 Å². The van der Waals surface area contributed by atoms with Crippen LogP contribution >= 0.6 is 15.9 Å². The predicted octanol–water partition coefficient (Wildman–Crippen LogP) is 3.92. The molecule has 3 aromatic rings. The van der Waals surface area contributed by atoms with Crippen molar-refractivity contribution in [2.24, 2.45) is 5.73 Å². The Morgan fingerprint density at radius 1 is 1.14 bits per heavy atom. The number of aromatic nitrogens is 1. The van der Waals surface area contributed by atoms with Crippen LogP contribution in [-0.2, 0) is 13.1 Å². The molecule has 1 heterocycles. The van der Waals surface area contributed by atoms with E-state index in [1.807, 2.05) is 12.1 Å². The van der Waals surface area contributed by atoms with Gasteiger partial charge in [-0.1, -0.05) is 28.1 Å². The third-order valence-corrected chi connectivity index (χ3v) is 4.15. The molecular formula is C17H17BrN2O. The Hall–Kier alpha value is -1.78. The number of benzene rings is 2. The second-order valence-electron chi connectivity index (χ2n) is 5.00. The normalized spacial score (nSPS) is 11.0.